The van der Waals surface area contributed by atoms with Crippen molar-refractivity contribution in [3.63, 3.8) is 0 Å². The lowest BCUT2D eigenvalue weighted by Crippen LogP contribution is -2.35. The predicted molar refractivity (Wildman–Crippen MR) is 38.5 cm³/mol. The lowest BCUT2D eigenvalue weighted by atomic mass is 10.1. The summed E-state index contributed by atoms with van der Waals surface area (Å²) in [5.74, 6) is -0.262. The fourth-order valence-electron chi connectivity index (χ4n) is 1.20. The number of rotatable bonds is 1. The Hall–Kier alpha value is -0.570. The van der Waals surface area contributed by atoms with Crippen molar-refractivity contribution in [2.75, 3.05) is 6.54 Å². The maximum atomic E-state index is 10.6. The summed E-state index contributed by atoms with van der Waals surface area (Å²) in [6, 6.07) is -0.192. The van der Waals surface area contributed by atoms with Crippen molar-refractivity contribution in [1.82, 2.24) is 5.32 Å². The summed E-state index contributed by atoms with van der Waals surface area (Å²) >= 11 is 0. The van der Waals surface area contributed by atoms with Crippen LogP contribution in [-0.4, -0.2) is 18.5 Å². The van der Waals surface area contributed by atoms with Crippen LogP contribution < -0.4 is 11.1 Å². The molecular formula is C7H13N2O. The van der Waals surface area contributed by atoms with E-state index in [1.807, 2.05) is 0 Å². The topological polar surface area (TPSA) is 57.2 Å². The minimum absolute atomic E-state index is 0.192. The highest BCUT2D eigenvalue weighted by Gasteiger charge is 2.16. The van der Waals surface area contributed by atoms with E-state index in [1.165, 1.54) is 6.42 Å². The molecule has 0 aliphatic carbocycles. The van der Waals surface area contributed by atoms with Crippen molar-refractivity contribution in [2.24, 2.45) is 5.73 Å². The van der Waals surface area contributed by atoms with Gasteiger partial charge in [-0.15, -0.1) is 0 Å². The van der Waals surface area contributed by atoms with Gasteiger partial charge in [-0.1, -0.05) is 12.8 Å². The fourth-order valence-corrected chi connectivity index (χ4v) is 1.20. The first kappa shape index (κ1) is 7.54. The van der Waals surface area contributed by atoms with Crippen LogP contribution in [0.25, 0.3) is 0 Å². The van der Waals surface area contributed by atoms with Gasteiger partial charge in [0.2, 0.25) is 5.91 Å². The van der Waals surface area contributed by atoms with Crippen molar-refractivity contribution in [3.05, 3.63) is 0 Å². The Kier molecular flexibility index (Phi) is 2.68. The molecule has 10 heavy (non-hydrogen) atoms. The first-order valence-electron chi connectivity index (χ1n) is 3.76. The molecule has 1 heterocycles. The molecule has 57 valence electrons. The molecule has 0 spiro atoms. The highest BCUT2D eigenvalue weighted by Crippen LogP contribution is 2.08. The number of amides is 1. The minimum Gasteiger partial charge on any atom is -0.368 e. The summed E-state index contributed by atoms with van der Waals surface area (Å²) in [6.45, 7) is 0.813. The molecule has 3 nitrogen and oxygen atoms in total. The molecule has 3 heteroatoms. The van der Waals surface area contributed by atoms with Gasteiger partial charge >= 0.3 is 0 Å². The highest BCUT2D eigenvalue weighted by molar-refractivity contribution is 5.79. The maximum Gasteiger partial charge on any atom is 0.236 e. The Labute approximate surface area is 61.0 Å². The quantitative estimate of drug-likeness (QED) is 0.549. The first-order valence-corrected chi connectivity index (χ1v) is 3.76. The Morgan fingerprint density at radius 1 is 1.40 bits per heavy atom. The number of carbonyl (C=O) groups is 1. The van der Waals surface area contributed by atoms with Gasteiger partial charge in [-0.2, -0.15) is 0 Å². The zero-order valence-corrected chi connectivity index (χ0v) is 6.05. The molecule has 0 saturated carbocycles. The highest BCUT2D eigenvalue weighted by atomic mass is 16.1. The lowest BCUT2D eigenvalue weighted by molar-refractivity contribution is -0.120. The number of hydrogen-bond acceptors (Lipinski definition) is 1. The number of primary amides is 1. The third-order valence-electron chi connectivity index (χ3n) is 1.81. The molecule has 0 aromatic carbocycles. The molecule has 0 aromatic rings. The van der Waals surface area contributed by atoms with Crippen LogP contribution in [0.3, 0.4) is 0 Å². The van der Waals surface area contributed by atoms with Crippen molar-refractivity contribution >= 4 is 5.91 Å². The van der Waals surface area contributed by atoms with Gasteiger partial charge in [-0.25, -0.2) is 5.32 Å². The minimum atomic E-state index is -0.262. The molecule has 0 bridgehead atoms. The van der Waals surface area contributed by atoms with E-state index in [2.05, 4.69) is 5.32 Å². The molecule has 1 aliphatic rings. The van der Waals surface area contributed by atoms with E-state index < -0.39 is 0 Å². The zero-order chi connectivity index (χ0) is 7.40. The van der Waals surface area contributed by atoms with E-state index in [0.29, 0.717) is 0 Å². The van der Waals surface area contributed by atoms with Crippen molar-refractivity contribution < 1.29 is 4.79 Å². The maximum absolute atomic E-state index is 10.6. The van der Waals surface area contributed by atoms with E-state index in [0.717, 1.165) is 25.8 Å². The molecule has 1 saturated heterocycles. The summed E-state index contributed by atoms with van der Waals surface area (Å²) in [5.41, 5.74) is 5.10. The summed E-state index contributed by atoms with van der Waals surface area (Å²) < 4.78 is 0. The van der Waals surface area contributed by atoms with E-state index >= 15 is 0 Å². The Morgan fingerprint density at radius 2 is 2.20 bits per heavy atom. The number of carbonyl (C=O) groups excluding carboxylic acids is 1. The lowest BCUT2D eigenvalue weighted by Gasteiger charge is -2.07. The van der Waals surface area contributed by atoms with E-state index in [9.17, 15) is 4.79 Å². The SMILES string of the molecule is NC(=O)C1CCCCC[N]1. The summed E-state index contributed by atoms with van der Waals surface area (Å²) in [5, 5.41) is 4.15. The average molecular weight is 141 g/mol. The van der Waals surface area contributed by atoms with Crippen molar-refractivity contribution in [2.45, 2.75) is 31.7 Å². The normalized spacial score (nSPS) is 27.4. The second-order valence-electron chi connectivity index (χ2n) is 2.67. The molecule has 1 unspecified atom stereocenters. The zero-order valence-electron chi connectivity index (χ0n) is 6.05. The number of hydrogen-bond donors (Lipinski definition) is 1. The number of nitrogens with two attached hydrogens (primary N) is 1. The molecule has 1 radical (unpaired) electrons. The fraction of sp³-hybridized carbons (Fsp3) is 0.857. The Morgan fingerprint density at radius 3 is 2.90 bits per heavy atom. The molecule has 1 atom stereocenters. The van der Waals surface area contributed by atoms with E-state index in [4.69, 9.17) is 5.73 Å². The van der Waals surface area contributed by atoms with Gasteiger partial charge in [0.25, 0.3) is 0 Å². The Bertz CT molecular complexity index is 117. The van der Waals surface area contributed by atoms with Crippen molar-refractivity contribution in [3.8, 4) is 0 Å². The van der Waals surface area contributed by atoms with Crippen LogP contribution in [0.5, 0.6) is 0 Å². The van der Waals surface area contributed by atoms with E-state index in [1.54, 1.807) is 0 Å². The van der Waals surface area contributed by atoms with Crippen LogP contribution in [0.1, 0.15) is 25.7 Å². The third kappa shape index (κ3) is 1.99. The summed E-state index contributed by atoms with van der Waals surface area (Å²) in [6.07, 6.45) is 4.25. The van der Waals surface area contributed by atoms with Crippen LogP contribution in [0.4, 0.5) is 0 Å². The van der Waals surface area contributed by atoms with E-state index in [-0.39, 0.29) is 11.9 Å². The van der Waals surface area contributed by atoms with Crippen LogP contribution in [0, 0.1) is 0 Å². The largest absolute Gasteiger partial charge is 0.368 e. The van der Waals surface area contributed by atoms with Crippen LogP contribution >= 0.6 is 0 Å². The van der Waals surface area contributed by atoms with Crippen LogP contribution in [0.15, 0.2) is 0 Å². The second-order valence-corrected chi connectivity index (χ2v) is 2.67. The van der Waals surface area contributed by atoms with Gasteiger partial charge < -0.3 is 5.73 Å². The van der Waals surface area contributed by atoms with Gasteiger partial charge in [0.05, 0.1) is 0 Å². The molecule has 2 N–H and O–H groups in total. The molecule has 1 amide bonds. The van der Waals surface area contributed by atoms with Gasteiger partial charge in [0.15, 0.2) is 0 Å². The predicted octanol–water partition coefficient (Wildman–Crippen LogP) is 0.0187. The third-order valence-corrected chi connectivity index (χ3v) is 1.81. The molecule has 1 aliphatic heterocycles. The smallest absolute Gasteiger partial charge is 0.236 e. The number of nitrogens with zero attached hydrogens (tertiary/aromatic N) is 1. The monoisotopic (exact) mass is 141 g/mol. The van der Waals surface area contributed by atoms with Crippen molar-refractivity contribution in [1.29, 1.82) is 0 Å². The molecule has 1 fully saturated rings. The van der Waals surface area contributed by atoms with Gasteiger partial charge in [-0.05, 0) is 12.8 Å². The van der Waals surface area contributed by atoms with Crippen LogP contribution in [0.2, 0.25) is 0 Å². The molecule has 0 aromatic heterocycles. The first-order chi connectivity index (χ1) is 4.80. The molecule has 1 rings (SSSR count). The summed E-state index contributed by atoms with van der Waals surface area (Å²) in [7, 11) is 0. The molecular weight excluding hydrogens is 128 g/mol. The average Bonchev–Trinajstić information content (AvgIpc) is 2.12. The summed E-state index contributed by atoms with van der Waals surface area (Å²) in [4.78, 5) is 10.6. The Balaban J connectivity index is 2.35. The van der Waals surface area contributed by atoms with Gasteiger partial charge in [-0.3, -0.25) is 4.79 Å². The standard InChI is InChI=1S/C7H13N2O/c8-7(10)6-4-2-1-3-5-9-6/h6H,1-5H2,(H2,8,10). The second kappa shape index (κ2) is 3.56. The van der Waals surface area contributed by atoms with Gasteiger partial charge in [0.1, 0.15) is 6.04 Å². The van der Waals surface area contributed by atoms with Crippen LogP contribution in [-0.2, 0) is 4.79 Å². The van der Waals surface area contributed by atoms with Gasteiger partial charge in [0, 0.05) is 6.54 Å².